The number of halogens is 2. The predicted octanol–water partition coefficient (Wildman–Crippen LogP) is 3.33. The highest BCUT2D eigenvalue weighted by atomic mass is 79.9. The van der Waals surface area contributed by atoms with Crippen molar-refractivity contribution in [2.75, 3.05) is 5.32 Å². The fourth-order valence-electron chi connectivity index (χ4n) is 1.45. The second-order valence-electron chi connectivity index (χ2n) is 3.73. The van der Waals surface area contributed by atoms with E-state index in [0.29, 0.717) is 18.0 Å². The van der Waals surface area contributed by atoms with Gasteiger partial charge in [-0.3, -0.25) is 4.79 Å². The zero-order valence-electron chi connectivity index (χ0n) is 9.44. The molecule has 1 aromatic heterocycles. The molecule has 0 atom stereocenters. The maximum Gasteiger partial charge on any atom is 0.226 e. The van der Waals surface area contributed by atoms with Crippen molar-refractivity contribution in [3.05, 3.63) is 46.4 Å². The zero-order valence-corrected chi connectivity index (χ0v) is 11.8. The fourth-order valence-corrected chi connectivity index (χ4v) is 1.94. The molecule has 1 N–H and O–H groups in total. The van der Waals surface area contributed by atoms with Crippen LogP contribution in [0.5, 0.6) is 0 Å². The molecule has 1 heterocycles. The van der Waals surface area contributed by atoms with E-state index in [1.807, 2.05) is 10.8 Å². The van der Waals surface area contributed by atoms with Crippen molar-refractivity contribution in [3.8, 4) is 0 Å². The van der Waals surface area contributed by atoms with Gasteiger partial charge in [-0.05, 0) is 34.1 Å². The van der Waals surface area contributed by atoms with Crippen LogP contribution in [0.3, 0.4) is 0 Å². The predicted molar refractivity (Wildman–Crippen MR) is 74.6 cm³/mol. The lowest BCUT2D eigenvalue weighted by atomic mass is 10.3. The van der Waals surface area contributed by atoms with Gasteiger partial charge < -0.3 is 9.88 Å². The molecular formula is C12H11BrClN3O. The number of amides is 1. The van der Waals surface area contributed by atoms with E-state index in [9.17, 15) is 4.79 Å². The molecule has 0 bridgehead atoms. The molecule has 18 heavy (non-hydrogen) atoms. The zero-order chi connectivity index (χ0) is 13.0. The van der Waals surface area contributed by atoms with E-state index >= 15 is 0 Å². The number of aromatic nitrogens is 2. The van der Waals surface area contributed by atoms with Crippen LogP contribution in [0.4, 0.5) is 5.69 Å². The van der Waals surface area contributed by atoms with Gasteiger partial charge >= 0.3 is 0 Å². The number of hydrogen-bond donors (Lipinski definition) is 1. The van der Waals surface area contributed by atoms with Gasteiger partial charge in [0, 0.05) is 35.5 Å². The van der Waals surface area contributed by atoms with Crippen LogP contribution in [0.1, 0.15) is 6.42 Å². The molecule has 0 fully saturated rings. The Labute approximate surface area is 118 Å². The van der Waals surface area contributed by atoms with Crippen LogP contribution < -0.4 is 5.32 Å². The summed E-state index contributed by atoms with van der Waals surface area (Å²) in [7, 11) is 0. The molecule has 94 valence electrons. The van der Waals surface area contributed by atoms with E-state index in [1.165, 1.54) is 0 Å². The maximum absolute atomic E-state index is 11.7. The highest BCUT2D eigenvalue weighted by Gasteiger charge is 2.04. The number of carbonyl (C=O) groups is 1. The lowest BCUT2D eigenvalue weighted by Gasteiger charge is -2.06. The number of aryl methyl sites for hydroxylation is 1. The summed E-state index contributed by atoms with van der Waals surface area (Å²) < 4.78 is 2.62. The summed E-state index contributed by atoms with van der Waals surface area (Å²) in [5.41, 5.74) is 0.724. The number of hydrogen-bond acceptors (Lipinski definition) is 2. The number of carbonyl (C=O) groups excluding carboxylic acids is 1. The molecule has 1 amide bonds. The molecule has 2 aromatic rings. The Bertz CT molecular complexity index is 542. The Hall–Kier alpha value is -1.33. The molecule has 4 nitrogen and oxygen atoms in total. The summed E-state index contributed by atoms with van der Waals surface area (Å²) >= 11 is 9.19. The van der Waals surface area contributed by atoms with Crippen LogP contribution in [0.15, 0.2) is 41.4 Å². The van der Waals surface area contributed by atoms with E-state index in [0.717, 1.165) is 10.2 Å². The average Bonchev–Trinajstić information content (AvgIpc) is 2.84. The fraction of sp³-hybridized carbons (Fsp3) is 0.167. The number of anilines is 1. The largest absolute Gasteiger partial charge is 0.337 e. The van der Waals surface area contributed by atoms with E-state index in [2.05, 4.69) is 26.2 Å². The molecule has 1 aromatic carbocycles. The van der Waals surface area contributed by atoms with Gasteiger partial charge in [0.2, 0.25) is 5.91 Å². The molecule has 0 aliphatic rings. The minimum absolute atomic E-state index is 0.0436. The van der Waals surface area contributed by atoms with E-state index in [-0.39, 0.29) is 5.91 Å². The number of rotatable bonds is 4. The van der Waals surface area contributed by atoms with Gasteiger partial charge in [-0.15, -0.1) is 0 Å². The highest BCUT2D eigenvalue weighted by Crippen LogP contribution is 2.25. The third kappa shape index (κ3) is 3.58. The van der Waals surface area contributed by atoms with Crippen molar-refractivity contribution in [2.45, 2.75) is 13.0 Å². The van der Waals surface area contributed by atoms with E-state index < -0.39 is 0 Å². The first-order chi connectivity index (χ1) is 8.65. The minimum Gasteiger partial charge on any atom is -0.337 e. The molecular weight excluding hydrogens is 318 g/mol. The summed E-state index contributed by atoms with van der Waals surface area (Å²) in [6.07, 6.45) is 5.60. The lowest BCUT2D eigenvalue weighted by molar-refractivity contribution is -0.116. The summed E-state index contributed by atoms with van der Waals surface area (Å²) in [6.45, 7) is 0.612. The van der Waals surface area contributed by atoms with Gasteiger partial charge in [0.05, 0.1) is 11.3 Å². The van der Waals surface area contributed by atoms with Gasteiger partial charge in [0.15, 0.2) is 0 Å². The lowest BCUT2D eigenvalue weighted by Crippen LogP contribution is -2.13. The Morgan fingerprint density at radius 2 is 2.33 bits per heavy atom. The monoisotopic (exact) mass is 327 g/mol. The first-order valence-corrected chi connectivity index (χ1v) is 6.53. The van der Waals surface area contributed by atoms with Gasteiger partial charge in [-0.25, -0.2) is 4.98 Å². The number of nitrogens with zero attached hydrogens (tertiary/aromatic N) is 2. The van der Waals surface area contributed by atoms with Gasteiger partial charge in [0.25, 0.3) is 0 Å². The minimum atomic E-state index is -0.0436. The molecule has 0 unspecified atom stereocenters. The van der Waals surface area contributed by atoms with E-state index in [4.69, 9.17) is 11.6 Å². The van der Waals surface area contributed by atoms with Crippen molar-refractivity contribution in [1.29, 1.82) is 0 Å². The number of nitrogens with one attached hydrogen (secondary N) is 1. The smallest absolute Gasteiger partial charge is 0.226 e. The molecule has 2 rings (SSSR count). The van der Waals surface area contributed by atoms with Gasteiger partial charge in [-0.2, -0.15) is 0 Å². The normalized spacial score (nSPS) is 10.3. The topological polar surface area (TPSA) is 46.9 Å². The maximum atomic E-state index is 11.7. The van der Waals surface area contributed by atoms with Crippen LogP contribution in [-0.2, 0) is 11.3 Å². The Morgan fingerprint density at radius 3 is 3.00 bits per heavy atom. The van der Waals surface area contributed by atoms with Crippen LogP contribution in [0.2, 0.25) is 5.02 Å². The molecule has 0 saturated carbocycles. The van der Waals surface area contributed by atoms with Crippen LogP contribution >= 0.6 is 27.5 Å². The SMILES string of the molecule is O=C(CCn1ccnc1)Nc1ccc(Cl)c(Br)c1. The Balaban J connectivity index is 1.88. The van der Waals surface area contributed by atoms with Crippen molar-refractivity contribution in [2.24, 2.45) is 0 Å². The molecule has 0 spiro atoms. The average molecular weight is 329 g/mol. The van der Waals surface area contributed by atoms with Crippen molar-refractivity contribution < 1.29 is 4.79 Å². The molecule has 0 aliphatic heterocycles. The third-order valence-corrected chi connectivity index (χ3v) is 3.57. The second-order valence-corrected chi connectivity index (χ2v) is 4.99. The first kappa shape index (κ1) is 13.1. The summed E-state index contributed by atoms with van der Waals surface area (Å²) in [4.78, 5) is 15.6. The molecule has 0 saturated heterocycles. The molecule has 6 heteroatoms. The first-order valence-electron chi connectivity index (χ1n) is 5.36. The van der Waals surface area contributed by atoms with Crippen LogP contribution in [0, 0.1) is 0 Å². The van der Waals surface area contributed by atoms with E-state index in [1.54, 1.807) is 30.7 Å². The molecule has 0 radical (unpaired) electrons. The second kappa shape index (κ2) is 6.02. The van der Waals surface area contributed by atoms with Gasteiger partial charge in [0.1, 0.15) is 0 Å². The summed E-state index contributed by atoms with van der Waals surface area (Å²) in [5, 5.41) is 3.43. The van der Waals surface area contributed by atoms with Crippen LogP contribution in [-0.4, -0.2) is 15.5 Å². The summed E-state index contributed by atoms with van der Waals surface area (Å²) in [5.74, 6) is -0.0436. The quantitative estimate of drug-likeness (QED) is 0.936. The highest BCUT2D eigenvalue weighted by molar-refractivity contribution is 9.10. The third-order valence-electron chi connectivity index (χ3n) is 2.36. The van der Waals surface area contributed by atoms with Crippen molar-refractivity contribution in [1.82, 2.24) is 9.55 Å². The Kier molecular flexibility index (Phi) is 4.38. The standard InChI is InChI=1S/C12H11BrClN3O/c13-10-7-9(1-2-11(10)14)16-12(18)3-5-17-6-4-15-8-17/h1-2,4,6-8H,3,5H2,(H,16,18). The molecule has 0 aliphatic carbocycles. The Morgan fingerprint density at radius 1 is 1.50 bits per heavy atom. The van der Waals surface area contributed by atoms with Crippen molar-refractivity contribution in [3.63, 3.8) is 0 Å². The summed E-state index contributed by atoms with van der Waals surface area (Å²) in [6, 6.07) is 5.27. The number of benzene rings is 1. The number of imidazole rings is 1. The van der Waals surface area contributed by atoms with Crippen molar-refractivity contribution >= 4 is 39.1 Å². The van der Waals surface area contributed by atoms with Gasteiger partial charge in [-0.1, -0.05) is 11.6 Å². The van der Waals surface area contributed by atoms with Crippen LogP contribution in [0.25, 0.3) is 0 Å².